The highest BCUT2D eigenvalue weighted by Crippen LogP contribution is 2.18. The molecule has 8 heteroatoms. The zero-order valence-corrected chi connectivity index (χ0v) is 20.0. The van der Waals surface area contributed by atoms with E-state index in [-0.39, 0.29) is 42.3 Å². The number of rotatable bonds is 10. The van der Waals surface area contributed by atoms with Crippen molar-refractivity contribution in [3.8, 4) is 5.75 Å². The van der Waals surface area contributed by atoms with E-state index < -0.39 is 0 Å². The number of carbonyl (C=O) groups is 1. The molecule has 31 heavy (non-hydrogen) atoms. The lowest BCUT2D eigenvalue weighted by atomic mass is 10.1. The highest BCUT2D eigenvalue weighted by molar-refractivity contribution is 14.0. The summed E-state index contributed by atoms with van der Waals surface area (Å²) in [5, 5.41) is 9.39. The Labute approximate surface area is 200 Å². The Morgan fingerprint density at radius 3 is 2.58 bits per heavy atom. The van der Waals surface area contributed by atoms with E-state index in [1.807, 2.05) is 37.3 Å². The minimum absolute atomic E-state index is 0. The molecule has 0 saturated heterocycles. The molecular weight excluding hydrogens is 510 g/mol. The zero-order chi connectivity index (χ0) is 21.2. The van der Waals surface area contributed by atoms with Gasteiger partial charge in [-0.2, -0.15) is 0 Å². The molecule has 2 aromatic rings. The van der Waals surface area contributed by atoms with Gasteiger partial charge in [-0.3, -0.25) is 4.79 Å². The van der Waals surface area contributed by atoms with Crippen LogP contribution < -0.4 is 20.7 Å². The zero-order valence-electron chi connectivity index (χ0n) is 17.7. The first-order chi connectivity index (χ1) is 14.6. The molecule has 3 rings (SSSR count). The molecule has 0 radical (unpaired) electrons. The molecule has 1 amide bonds. The van der Waals surface area contributed by atoms with Crippen molar-refractivity contribution in [2.24, 2.45) is 4.99 Å². The lowest BCUT2D eigenvalue weighted by Gasteiger charge is -2.12. The van der Waals surface area contributed by atoms with E-state index in [1.165, 1.54) is 12.1 Å². The molecule has 0 heterocycles. The molecule has 0 aliphatic heterocycles. The molecule has 0 unspecified atom stereocenters. The van der Waals surface area contributed by atoms with Crippen molar-refractivity contribution >= 4 is 35.8 Å². The van der Waals surface area contributed by atoms with Gasteiger partial charge in [-0.05, 0) is 61.6 Å². The topological polar surface area (TPSA) is 74.8 Å². The van der Waals surface area contributed by atoms with Crippen LogP contribution in [0.5, 0.6) is 5.75 Å². The third kappa shape index (κ3) is 9.54. The largest absolute Gasteiger partial charge is 0.484 e. The molecular formula is C23H30FIN4O2. The van der Waals surface area contributed by atoms with Gasteiger partial charge in [0.25, 0.3) is 5.91 Å². The fraction of sp³-hybridized carbons (Fsp3) is 0.391. The maximum absolute atomic E-state index is 13.3. The number of guanidine groups is 1. The van der Waals surface area contributed by atoms with Crippen LogP contribution in [-0.4, -0.2) is 37.6 Å². The third-order valence-corrected chi connectivity index (χ3v) is 4.59. The van der Waals surface area contributed by atoms with E-state index in [2.05, 4.69) is 20.9 Å². The van der Waals surface area contributed by atoms with E-state index in [9.17, 15) is 9.18 Å². The highest BCUT2D eigenvalue weighted by Gasteiger charge is 2.23. The molecule has 1 fully saturated rings. The molecule has 0 atom stereocenters. The highest BCUT2D eigenvalue weighted by atomic mass is 127. The normalized spacial score (nSPS) is 13.2. The molecule has 0 bridgehead atoms. The Morgan fingerprint density at radius 2 is 1.90 bits per heavy atom. The van der Waals surface area contributed by atoms with Crippen LogP contribution in [0.3, 0.4) is 0 Å². The van der Waals surface area contributed by atoms with E-state index in [0.717, 1.165) is 36.9 Å². The molecule has 0 aromatic heterocycles. The predicted octanol–water partition coefficient (Wildman–Crippen LogP) is 3.40. The smallest absolute Gasteiger partial charge is 0.258 e. The maximum atomic E-state index is 13.3. The molecule has 1 saturated carbocycles. The first-order valence-corrected chi connectivity index (χ1v) is 10.4. The first-order valence-electron chi connectivity index (χ1n) is 10.4. The van der Waals surface area contributed by atoms with Crippen LogP contribution >= 0.6 is 24.0 Å². The van der Waals surface area contributed by atoms with Crippen molar-refractivity contribution in [2.45, 2.75) is 38.8 Å². The summed E-state index contributed by atoms with van der Waals surface area (Å²) in [5.41, 5.74) is 1.98. The maximum Gasteiger partial charge on any atom is 0.258 e. The second-order valence-electron chi connectivity index (χ2n) is 7.28. The van der Waals surface area contributed by atoms with Crippen molar-refractivity contribution in [2.75, 3.05) is 19.7 Å². The Hall–Kier alpha value is -2.36. The van der Waals surface area contributed by atoms with Gasteiger partial charge in [-0.15, -0.1) is 24.0 Å². The number of ether oxygens (including phenoxy) is 1. The molecule has 168 valence electrons. The van der Waals surface area contributed by atoms with Gasteiger partial charge in [-0.25, -0.2) is 9.38 Å². The summed E-state index contributed by atoms with van der Waals surface area (Å²) in [6, 6.07) is 14.6. The van der Waals surface area contributed by atoms with Gasteiger partial charge in [0.15, 0.2) is 12.6 Å². The Kier molecular flexibility index (Phi) is 10.6. The van der Waals surface area contributed by atoms with Crippen molar-refractivity contribution in [1.82, 2.24) is 16.0 Å². The van der Waals surface area contributed by atoms with Gasteiger partial charge in [0.2, 0.25) is 0 Å². The van der Waals surface area contributed by atoms with E-state index in [1.54, 1.807) is 6.07 Å². The second-order valence-corrected chi connectivity index (χ2v) is 7.28. The fourth-order valence-electron chi connectivity index (χ4n) is 2.87. The van der Waals surface area contributed by atoms with Gasteiger partial charge in [-0.1, -0.05) is 24.3 Å². The summed E-state index contributed by atoms with van der Waals surface area (Å²) < 4.78 is 18.8. The quantitative estimate of drug-likeness (QED) is 0.246. The number of amides is 1. The van der Waals surface area contributed by atoms with Crippen molar-refractivity contribution < 1.29 is 13.9 Å². The average molecular weight is 540 g/mol. The number of carbonyl (C=O) groups excluding carboxylic acids is 1. The Morgan fingerprint density at radius 1 is 1.13 bits per heavy atom. The molecule has 1 aliphatic rings. The van der Waals surface area contributed by atoms with Gasteiger partial charge >= 0.3 is 0 Å². The molecule has 6 nitrogen and oxygen atoms in total. The van der Waals surface area contributed by atoms with Crippen LogP contribution in [0.4, 0.5) is 4.39 Å². The van der Waals surface area contributed by atoms with Gasteiger partial charge < -0.3 is 20.7 Å². The van der Waals surface area contributed by atoms with E-state index in [4.69, 9.17) is 4.74 Å². The summed E-state index contributed by atoms with van der Waals surface area (Å²) >= 11 is 0. The number of hydrogen-bond donors (Lipinski definition) is 3. The lowest BCUT2D eigenvalue weighted by Crippen LogP contribution is -2.38. The summed E-state index contributed by atoms with van der Waals surface area (Å²) in [7, 11) is 0. The molecule has 1 aliphatic carbocycles. The van der Waals surface area contributed by atoms with Crippen LogP contribution in [0.2, 0.25) is 0 Å². The number of aliphatic imine (C=N–C) groups is 1. The van der Waals surface area contributed by atoms with Crippen LogP contribution in [0, 0.1) is 5.82 Å². The molecule has 0 spiro atoms. The number of hydrogen-bond acceptors (Lipinski definition) is 3. The Bertz CT molecular complexity index is 857. The first kappa shape index (κ1) is 24.9. The fourth-order valence-corrected chi connectivity index (χ4v) is 2.87. The van der Waals surface area contributed by atoms with Crippen molar-refractivity contribution in [3.05, 3.63) is 65.5 Å². The SMILES string of the molecule is CCNC(=NCc1cccc(F)c1)NCCc1ccc(OCC(=O)NC2CC2)cc1.I. The second kappa shape index (κ2) is 13.1. The number of benzene rings is 2. The summed E-state index contributed by atoms with van der Waals surface area (Å²) in [6.45, 7) is 3.91. The average Bonchev–Trinajstić information content (AvgIpc) is 3.55. The number of halogens is 2. The molecule has 3 N–H and O–H groups in total. The monoisotopic (exact) mass is 540 g/mol. The lowest BCUT2D eigenvalue weighted by molar-refractivity contribution is -0.123. The minimum Gasteiger partial charge on any atom is -0.484 e. The van der Waals surface area contributed by atoms with Crippen LogP contribution in [0.1, 0.15) is 30.9 Å². The summed E-state index contributed by atoms with van der Waals surface area (Å²) in [5.74, 6) is 1.06. The van der Waals surface area contributed by atoms with E-state index in [0.29, 0.717) is 30.8 Å². The third-order valence-electron chi connectivity index (χ3n) is 4.59. The van der Waals surface area contributed by atoms with Gasteiger partial charge in [0.1, 0.15) is 11.6 Å². The van der Waals surface area contributed by atoms with Crippen molar-refractivity contribution in [1.29, 1.82) is 0 Å². The molecule has 2 aromatic carbocycles. The van der Waals surface area contributed by atoms with E-state index >= 15 is 0 Å². The summed E-state index contributed by atoms with van der Waals surface area (Å²) in [6.07, 6.45) is 2.95. The van der Waals surface area contributed by atoms with Crippen LogP contribution in [0.25, 0.3) is 0 Å². The number of nitrogens with one attached hydrogen (secondary N) is 3. The van der Waals surface area contributed by atoms with Crippen LogP contribution in [-0.2, 0) is 17.8 Å². The minimum atomic E-state index is -0.253. The predicted molar refractivity (Wildman–Crippen MR) is 131 cm³/mol. The standard InChI is InChI=1S/C23H29FN4O2.HI/c1-2-25-23(27-15-18-4-3-5-19(24)14-18)26-13-12-17-6-10-21(11-7-17)30-16-22(29)28-20-8-9-20;/h3-7,10-11,14,20H,2,8-9,12-13,15-16H2,1H3,(H,28,29)(H2,25,26,27);1H. The summed E-state index contributed by atoms with van der Waals surface area (Å²) in [4.78, 5) is 16.2. The van der Waals surface area contributed by atoms with Crippen molar-refractivity contribution in [3.63, 3.8) is 0 Å². The van der Waals surface area contributed by atoms with Gasteiger partial charge in [0, 0.05) is 19.1 Å². The van der Waals surface area contributed by atoms with Gasteiger partial charge in [0.05, 0.1) is 6.54 Å². The Balaban J connectivity index is 0.00000341. The number of nitrogens with zero attached hydrogens (tertiary/aromatic N) is 1. The van der Waals surface area contributed by atoms with Crippen LogP contribution in [0.15, 0.2) is 53.5 Å².